The Hall–Kier alpha value is -2.97. The van der Waals surface area contributed by atoms with E-state index in [-0.39, 0.29) is 17.7 Å². The molecule has 3 amide bonds. The van der Waals surface area contributed by atoms with Crippen molar-refractivity contribution in [2.24, 2.45) is 0 Å². The monoisotopic (exact) mass is 523 g/mol. The van der Waals surface area contributed by atoms with Crippen molar-refractivity contribution in [2.75, 3.05) is 19.6 Å². The maximum atomic E-state index is 13.2. The minimum absolute atomic E-state index is 0.0530. The Balaban J connectivity index is 1.29. The second kappa shape index (κ2) is 9.48. The molecule has 36 heavy (non-hydrogen) atoms. The first kappa shape index (κ1) is 23.4. The number of aromatic nitrogens is 1. The molecule has 0 spiro atoms. The second-order valence-corrected chi connectivity index (χ2v) is 11.2. The van der Waals surface area contributed by atoms with E-state index in [1.807, 2.05) is 29.2 Å². The minimum atomic E-state index is -0.526. The topological polar surface area (TPSA) is 79.8 Å². The minimum Gasteiger partial charge on any atom is -0.479 e. The van der Waals surface area contributed by atoms with Crippen molar-refractivity contribution in [1.82, 2.24) is 14.8 Å². The lowest BCUT2D eigenvalue weighted by atomic mass is 10.0. The first-order valence-corrected chi connectivity index (χ1v) is 13.7. The summed E-state index contributed by atoms with van der Waals surface area (Å²) in [7, 11) is 0. The highest BCUT2D eigenvalue weighted by Crippen LogP contribution is 2.45. The van der Waals surface area contributed by atoms with Crippen LogP contribution in [0.25, 0.3) is 21.3 Å². The molecule has 186 valence electrons. The Kier molecular flexibility index (Phi) is 6.17. The number of carbonyl (C=O) groups excluding carboxylic acids is 3. The molecule has 0 aliphatic carbocycles. The van der Waals surface area contributed by atoms with E-state index in [1.165, 1.54) is 11.3 Å². The van der Waals surface area contributed by atoms with Gasteiger partial charge in [0.25, 0.3) is 5.91 Å². The molecule has 1 unspecified atom stereocenters. The summed E-state index contributed by atoms with van der Waals surface area (Å²) in [6.07, 6.45) is 6.20. The largest absolute Gasteiger partial charge is 0.479 e. The number of fused-ring (bicyclic) bond motifs is 2. The average Bonchev–Trinajstić information content (AvgIpc) is 3.58. The predicted molar refractivity (Wildman–Crippen MR) is 138 cm³/mol. The van der Waals surface area contributed by atoms with Crippen LogP contribution in [0.1, 0.15) is 42.5 Å². The fourth-order valence-electron chi connectivity index (χ4n) is 5.40. The van der Waals surface area contributed by atoms with Crippen LogP contribution in [0.15, 0.2) is 30.5 Å². The van der Waals surface area contributed by atoms with Crippen molar-refractivity contribution in [3.8, 4) is 16.9 Å². The summed E-state index contributed by atoms with van der Waals surface area (Å²) in [5.41, 5.74) is 3.60. The highest BCUT2D eigenvalue weighted by atomic mass is 35.5. The van der Waals surface area contributed by atoms with Crippen LogP contribution in [-0.2, 0) is 27.2 Å². The van der Waals surface area contributed by atoms with Crippen LogP contribution in [0.3, 0.4) is 0 Å². The molecule has 3 aliphatic heterocycles. The molecule has 0 N–H and O–H groups in total. The Morgan fingerprint density at radius 2 is 1.86 bits per heavy atom. The summed E-state index contributed by atoms with van der Waals surface area (Å²) in [5, 5.41) is 0.603. The molecular weight excluding hydrogens is 498 g/mol. The molecule has 0 radical (unpaired) electrons. The van der Waals surface area contributed by atoms with E-state index >= 15 is 0 Å². The molecule has 0 bridgehead atoms. The highest BCUT2D eigenvalue weighted by molar-refractivity contribution is 7.19. The van der Waals surface area contributed by atoms with Crippen molar-refractivity contribution >= 4 is 50.9 Å². The normalized spacial score (nSPS) is 19.8. The number of imide groups is 1. The summed E-state index contributed by atoms with van der Waals surface area (Å²) in [4.78, 5) is 46.0. The molecule has 2 fully saturated rings. The number of nitrogens with zero attached hydrogens (tertiary/aromatic N) is 3. The molecule has 2 aromatic heterocycles. The fourth-order valence-corrected chi connectivity index (χ4v) is 6.77. The molecule has 9 heteroatoms. The standard InChI is InChI=1S/C27H26ClN3O4S/c28-17-12-16-13-22(27(34)30-9-2-1-3-10-30)35-25(16)20(14-17)19-6-8-29-21-15-18(36-26(19)21)7-11-31-23(32)4-5-24(31)33/h6,8,12,14-15,22H,1-5,7,9-11,13H2. The second-order valence-electron chi connectivity index (χ2n) is 9.61. The predicted octanol–water partition coefficient (Wildman–Crippen LogP) is 4.62. The van der Waals surface area contributed by atoms with Gasteiger partial charge >= 0.3 is 0 Å². The van der Waals surface area contributed by atoms with Gasteiger partial charge in [0.05, 0.1) is 10.2 Å². The SMILES string of the molecule is O=C(C1Cc2cc(Cl)cc(-c3ccnc4cc(CCN5C(=O)CCC5=O)sc34)c2O1)N1CCCCC1. The van der Waals surface area contributed by atoms with E-state index < -0.39 is 6.10 Å². The number of thiophene rings is 1. The molecule has 2 saturated heterocycles. The van der Waals surface area contributed by atoms with Crippen molar-refractivity contribution < 1.29 is 19.1 Å². The van der Waals surface area contributed by atoms with Gasteiger partial charge in [0.15, 0.2) is 6.10 Å². The van der Waals surface area contributed by atoms with Crippen LogP contribution < -0.4 is 4.74 Å². The average molecular weight is 524 g/mol. The number of halogens is 1. The summed E-state index contributed by atoms with van der Waals surface area (Å²) in [6, 6.07) is 7.75. The molecule has 3 aliphatic rings. The number of hydrogen-bond acceptors (Lipinski definition) is 6. The van der Waals surface area contributed by atoms with Crippen molar-refractivity contribution in [3.05, 3.63) is 45.9 Å². The molecule has 1 aromatic carbocycles. The molecule has 1 atom stereocenters. The van der Waals surface area contributed by atoms with Crippen molar-refractivity contribution in [1.29, 1.82) is 0 Å². The molecule has 5 heterocycles. The zero-order chi connectivity index (χ0) is 24.8. The zero-order valence-electron chi connectivity index (χ0n) is 19.8. The zero-order valence-corrected chi connectivity index (χ0v) is 21.4. The molecular formula is C27H26ClN3O4S. The number of ether oxygens (including phenoxy) is 1. The molecule has 3 aromatic rings. The van der Waals surface area contributed by atoms with Gasteiger partial charge in [-0.05, 0) is 43.5 Å². The summed E-state index contributed by atoms with van der Waals surface area (Å²) in [5.74, 6) is 0.572. The number of likely N-dealkylation sites (tertiary alicyclic amines) is 2. The van der Waals surface area contributed by atoms with Gasteiger partial charge in [-0.1, -0.05) is 11.6 Å². The van der Waals surface area contributed by atoms with Crippen LogP contribution in [0.4, 0.5) is 0 Å². The summed E-state index contributed by atoms with van der Waals surface area (Å²) < 4.78 is 7.30. The maximum absolute atomic E-state index is 13.2. The Morgan fingerprint density at radius 3 is 2.64 bits per heavy atom. The van der Waals surface area contributed by atoms with Gasteiger partial charge in [0.1, 0.15) is 5.75 Å². The number of benzene rings is 1. The van der Waals surface area contributed by atoms with Crippen LogP contribution >= 0.6 is 22.9 Å². The number of carbonyl (C=O) groups is 3. The quantitative estimate of drug-likeness (QED) is 0.456. The molecule has 0 saturated carbocycles. The highest BCUT2D eigenvalue weighted by Gasteiger charge is 2.35. The maximum Gasteiger partial charge on any atom is 0.263 e. The number of piperidine rings is 1. The van der Waals surface area contributed by atoms with Crippen molar-refractivity contribution in [3.63, 3.8) is 0 Å². The summed E-state index contributed by atoms with van der Waals surface area (Å²) in [6.45, 7) is 1.97. The van der Waals surface area contributed by atoms with Crippen LogP contribution in [-0.4, -0.2) is 58.2 Å². The third kappa shape index (κ3) is 4.26. The number of hydrogen-bond donors (Lipinski definition) is 0. The number of amides is 3. The summed E-state index contributed by atoms with van der Waals surface area (Å²) >= 11 is 8.13. The molecule has 6 rings (SSSR count). The lowest BCUT2D eigenvalue weighted by Crippen LogP contribution is -2.43. The molecule has 7 nitrogen and oxygen atoms in total. The lowest BCUT2D eigenvalue weighted by molar-refractivity contribution is -0.139. The van der Waals surface area contributed by atoms with Gasteiger partial charge in [-0.15, -0.1) is 11.3 Å². The Bertz CT molecular complexity index is 1360. The van der Waals surface area contributed by atoms with E-state index in [9.17, 15) is 14.4 Å². The van der Waals surface area contributed by atoms with Crippen molar-refractivity contribution in [2.45, 2.75) is 51.0 Å². The van der Waals surface area contributed by atoms with E-state index in [1.54, 1.807) is 17.5 Å². The van der Waals surface area contributed by atoms with E-state index in [0.717, 1.165) is 57.7 Å². The Labute approximate surface area is 218 Å². The third-order valence-corrected chi connectivity index (χ3v) is 8.66. The lowest BCUT2D eigenvalue weighted by Gasteiger charge is -2.28. The third-order valence-electron chi connectivity index (χ3n) is 7.23. The van der Waals surface area contributed by atoms with Crippen LogP contribution in [0, 0.1) is 0 Å². The fraction of sp³-hybridized carbons (Fsp3) is 0.407. The van der Waals surface area contributed by atoms with Gasteiger partial charge in [-0.25, -0.2) is 0 Å². The van der Waals surface area contributed by atoms with E-state index in [2.05, 4.69) is 4.98 Å². The van der Waals surface area contributed by atoms with Crippen LogP contribution in [0.5, 0.6) is 5.75 Å². The number of pyridine rings is 1. The first-order valence-electron chi connectivity index (χ1n) is 12.5. The Morgan fingerprint density at radius 1 is 1.08 bits per heavy atom. The first-order chi connectivity index (χ1) is 17.5. The van der Waals surface area contributed by atoms with Gasteiger partial charge in [0, 0.05) is 78.1 Å². The van der Waals surface area contributed by atoms with Gasteiger partial charge < -0.3 is 9.64 Å². The van der Waals surface area contributed by atoms with Gasteiger partial charge in [-0.3, -0.25) is 24.3 Å². The van der Waals surface area contributed by atoms with Gasteiger partial charge in [-0.2, -0.15) is 0 Å². The number of rotatable bonds is 5. The van der Waals surface area contributed by atoms with E-state index in [4.69, 9.17) is 16.3 Å². The van der Waals surface area contributed by atoms with Crippen LogP contribution in [0.2, 0.25) is 5.02 Å². The van der Waals surface area contributed by atoms with E-state index in [0.29, 0.717) is 43.0 Å². The smallest absolute Gasteiger partial charge is 0.263 e. The van der Waals surface area contributed by atoms with Gasteiger partial charge in [0.2, 0.25) is 11.8 Å².